The van der Waals surface area contributed by atoms with Crippen LogP contribution in [-0.2, 0) is 4.74 Å². The van der Waals surface area contributed by atoms with Crippen molar-refractivity contribution in [2.45, 2.75) is 31.9 Å². The molecule has 0 amide bonds. The van der Waals surface area contributed by atoms with Crippen molar-refractivity contribution in [3.63, 3.8) is 0 Å². The maximum absolute atomic E-state index is 5.96. The van der Waals surface area contributed by atoms with E-state index in [1.54, 1.807) is 0 Å². The first-order valence-corrected chi connectivity index (χ1v) is 5.35. The third-order valence-electron chi connectivity index (χ3n) is 3.23. The highest BCUT2D eigenvalue weighted by Gasteiger charge is 2.29. The van der Waals surface area contributed by atoms with Crippen molar-refractivity contribution in [2.24, 2.45) is 11.7 Å². The fourth-order valence-corrected chi connectivity index (χ4v) is 2.32. The standard InChI is InChI=1S/C10H20N2O/c1-8-5-12(7-10(8)11)6-9-3-2-4-13-9/h8-10H,2-7,11H2,1H3. The molecular formula is C10H20N2O. The second-order valence-corrected chi connectivity index (χ2v) is 4.49. The fourth-order valence-electron chi connectivity index (χ4n) is 2.32. The van der Waals surface area contributed by atoms with Crippen molar-refractivity contribution in [3.05, 3.63) is 0 Å². The Balaban J connectivity index is 1.76. The summed E-state index contributed by atoms with van der Waals surface area (Å²) in [6, 6.07) is 0.376. The molecule has 2 fully saturated rings. The summed E-state index contributed by atoms with van der Waals surface area (Å²) in [5, 5.41) is 0. The smallest absolute Gasteiger partial charge is 0.0702 e. The van der Waals surface area contributed by atoms with Crippen LogP contribution in [0.1, 0.15) is 19.8 Å². The zero-order chi connectivity index (χ0) is 9.26. The number of ether oxygens (including phenoxy) is 1. The van der Waals surface area contributed by atoms with Crippen LogP contribution in [0.5, 0.6) is 0 Å². The zero-order valence-electron chi connectivity index (χ0n) is 8.41. The van der Waals surface area contributed by atoms with E-state index in [0.29, 0.717) is 18.1 Å². The molecule has 0 aromatic rings. The molecule has 0 spiro atoms. The lowest BCUT2D eigenvalue weighted by molar-refractivity contribution is 0.0796. The number of nitrogens with two attached hydrogens (primary N) is 1. The molecule has 0 radical (unpaired) electrons. The van der Waals surface area contributed by atoms with Gasteiger partial charge in [-0.3, -0.25) is 4.90 Å². The summed E-state index contributed by atoms with van der Waals surface area (Å²) in [6.45, 7) is 6.50. The van der Waals surface area contributed by atoms with Crippen LogP contribution in [0.4, 0.5) is 0 Å². The first kappa shape index (κ1) is 9.44. The Hall–Kier alpha value is -0.120. The first-order chi connectivity index (χ1) is 6.25. The van der Waals surface area contributed by atoms with Crippen LogP contribution in [0.15, 0.2) is 0 Å². The minimum Gasteiger partial charge on any atom is -0.377 e. The van der Waals surface area contributed by atoms with Crippen molar-refractivity contribution in [3.8, 4) is 0 Å². The molecule has 2 saturated heterocycles. The maximum Gasteiger partial charge on any atom is 0.0702 e. The third kappa shape index (κ3) is 2.22. The highest BCUT2D eigenvalue weighted by molar-refractivity contribution is 4.85. The van der Waals surface area contributed by atoms with Gasteiger partial charge in [0.1, 0.15) is 0 Å². The molecule has 3 atom stereocenters. The van der Waals surface area contributed by atoms with E-state index in [0.717, 1.165) is 26.2 Å². The molecule has 0 aromatic carbocycles. The summed E-state index contributed by atoms with van der Waals surface area (Å²) >= 11 is 0. The van der Waals surface area contributed by atoms with Gasteiger partial charge in [-0.1, -0.05) is 6.92 Å². The summed E-state index contributed by atoms with van der Waals surface area (Å²) in [6.07, 6.45) is 2.96. The SMILES string of the molecule is CC1CN(CC2CCCO2)CC1N. The molecular weight excluding hydrogens is 164 g/mol. The molecule has 2 aliphatic rings. The molecule has 3 heteroatoms. The Kier molecular flexibility index (Phi) is 2.86. The fraction of sp³-hybridized carbons (Fsp3) is 1.00. The number of hydrogen-bond donors (Lipinski definition) is 1. The van der Waals surface area contributed by atoms with Crippen LogP contribution in [0.25, 0.3) is 0 Å². The predicted molar refractivity (Wildman–Crippen MR) is 52.6 cm³/mol. The maximum atomic E-state index is 5.96. The van der Waals surface area contributed by atoms with Crippen molar-refractivity contribution >= 4 is 0 Å². The summed E-state index contributed by atoms with van der Waals surface area (Å²) in [7, 11) is 0. The van der Waals surface area contributed by atoms with Gasteiger partial charge in [-0.05, 0) is 18.8 Å². The molecule has 2 N–H and O–H groups in total. The van der Waals surface area contributed by atoms with Crippen LogP contribution in [0, 0.1) is 5.92 Å². The lowest BCUT2D eigenvalue weighted by Gasteiger charge is -2.19. The highest BCUT2D eigenvalue weighted by atomic mass is 16.5. The Bertz CT molecular complexity index is 158. The lowest BCUT2D eigenvalue weighted by atomic mass is 10.1. The third-order valence-corrected chi connectivity index (χ3v) is 3.23. The molecule has 2 rings (SSSR count). The number of rotatable bonds is 2. The summed E-state index contributed by atoms with van der Waals surface area (Å²) in [5.41, 5.74) is 5.96. The summed E-state index contributed by atoms with van der Waals surface area (Å²) < 4.78 is 5.60. The quantitative estimate of drug-likeness (QED) is 0.677. The van der Waals surface area contributed by atoms with E-state index in [-0.39, 0.29) is 0 Å². The molecule has 0 bridgehead atoms. The van der Waals surface area contributed by atoms with Gasteiger partial charge < -0.3 is 10.5 Å². The largest absolute Gasteiger partial charge is 0.377 e. The second kappa shape index (κ2) is 3.95. The Labute approximate surface area is 80.2 Å². The van der Waals surface area contributed by atoms with Crippen molar-refractivity contribution in [1.29, 1.82) is 0 Å². The van der Waals surface area contributed by atoms with Crippen molar-refractivity contribution < 1.29 is 4.74 Å². The summed E-state index contributed by atoms with van der Waals surface area (Å²) in [5.74, 6) is 0.654. The van der Waals surface area contributed by atoms with Gasteiger partial charge >= 0.3 is 0 Å². The first-order valence-electron chi connectivity index (χ1n) is 5.35. The van der Waals surface area contributed by atoms with Crippen LogP contribution >= 0.6 is 0 Å². The topological polar surface area (TPSA) is 38.5 Å². The van der Waals surface area contributed by atoms with Gasteiger partial charge in [-0.15, -0.1) is 0 Å². The van der Waals surface area contributed by atoms with Crippen LogP contribution in [0.2, 0.25) is 0 Å². The molecule has 13 heavy (non-hydrogen) atoms. The molecule has 76 valence electrons. The second-order valence-electron chi connectivity index (χ2n) is 4.49. The van der Waals surface area contributed by atoms with Gasteiger partial charge in [0.2, 0.25) is 0 Å². The number of nitrogens with zero attached hydrogens (tertiary/aromatic N) is 1. The predicted octanol–water partition coefficient (Wildman–Crippen LogP) is 0.444. The van der Waals surface area contributed by atoms with Gasteiger partial charge in [0.15, 0.2) is 0 Å². The Morgan fingerprint density at radius 1 is 1.46 bits per heavy atom. The van der Waals surface area contributed by atoms with Crippen LogP contribution in [0.3, 0.4) is 0 Å². The number of likely N-dealkylation sites (tertiary alicyclic amines) is 1. The van der Waals surface area contributed by atoms with E-state index in [9.17, 15) is 0 Å². The molecule has 2 aliphatic heterocycles. The molecule has 2 heterocycles. The van der Waals surface area contributed by atoms with Gasteiger partial charge in [0, 0.05) is 32.3 Å². The van der Waals surface area contributed by atoms with Crippen LogP contribution < -0.4 is 5.73 Å². The highest BCUT2D eigenvalue weighted by Crippen LogP contribution is 2.18. The number of hydrogen-bond acceptors (Lipinski definition) is 3. The monoisotopic (exact) mass is 184 g/mol. The van der Waals surface area contributed by atoms with Gasteiger partial charge in [-0.2, -0.15) is 0 Å². The molecule has 3 unspecified atom stereocenters. The Morgan fingerprint density at radius 2 is 2.31 bits per heavy atom. The van der Waals surface area contributed by atoms with E-state index < -0.39 is 0 Å². The molecule has 3 nitrogen and oxygen atoms in total. The molecule has 0 aromatic heterocycles. The van der Waals surface area contributed by atoms with Gasteiger partial charge in [0.05, 0.1) is 6.10 Å². The minimum absolute atomic E-state index is 0.376. The van der Waals surface area contributed by atoms with E-state index in [2.05, 4.69) is 11.8 Å². The van der Waals surface area contributed by atoms with Crippen LogP contribution in [-0.4, -0.2) is 43.3 Å². The van der Waals surface area contributed by atoms with E-state index in [1.807, 2.05) is 0 Å². The Morgan fingerprint density at radius 3 is 2.85 bits per heavy atom. The average Bonchev–Trinajstić information content (AvgIpc) is 2.64. The van der Waals surface area contributed by atoms with Crippen molar-refractivity contribution in [1.82, 2.24) is 4.90 Å². The van der Waals surface area contributed by atoms with Gasteiger partial charge in [-0.25, -0.2) is 0 Å². The minimum atomic E-state index is 0.376. The average molecular weight is 184 g/mol. The van der Waals surface area contributed by atoms with E-state index >= 15 is 0 Å². The van der Waals surface area contributed by atoms with E-state index in [1.165, 1.54) is 12.8 Å². The molecule has 0 saturated carbocycles. The lowest BCUT2D eigenvalue weighted by Crippen LogP contribution is -2.32. The van der Waals surface area contributed by atoms with Gasteiger partial charge in [0.25, 0.3) is 0 Å². The van der Waals surface area contributed by atoms with Crippen molar-refractivity contribution in [2.75, 3.05) is 26.2 Å². The molecule has 0 aliphatic carbocycles. The zero-order valence-corrected chi connectivity index (χ0v) is 8.41. The normalized spacial score (nSPS) is 41.5. The van der Waals surface area contributed by atoms with E-state index in [4.69, 9.17) is 10.5 Å². The summed E-state index contributed by atoms with van der Waals surface area (Å²) in [4.78, 5) is 2.45.